The number of hydrogen-bond acceptors (Lipinski definition) is 3. The average Bonchev–Trinajstić information content (AvgIpc) is 2.03. The summed E-state index contributed by atoms with van der Waals surface area (Å²) in [6, 6.07) is 2.74. The number of halogens is 1. The molecule has 70 valence electrons. The van der Waals surface area contributed by atoms with Gasteiger partial charge in [-0.25, -0.2) is 4.98 Å². The Morgan fingerprint density at radius 2 is 2.38 bits per heavy atom. The highest BCUT2D eigenvalue weighted by molar-refractivity contribution is 5.67. The van der Waals surface area contributed by atoms with E-state index < -0.39 is 24.4 Å². The molecule has 0 radical (unpaired) electrons. The molecule has 0 spiro atoms. The van der Waals surface area contributed by atoms with Gasteiger partial charge < -0.3 is 10.2 Å². The van der Waals surface area contributed by atoms with Crippen LogP contribution in [0.4, 0.5) is 4.39 Å². The molecule has 0 amide bonds. The molecule has 0 aliphatic rings. The van der Waals surface area contributed by atoms with Gasteiger partial charge in [-0.05, 0) is 6.07 Å². The number of carboxylic acids is 1. The zero-order valence-electron chi connectivity index (χ0n) is 6.64. The minimum absolute atomic E-state index is 0.0927. The second-order valence-electron chi connectivity index (χ2n) is 2.50. The van der Waals surface area contributed by atoms with Crippen LogP contribution in [0.1, 0.15) is 18.1 Å². The normalized spacial score (nSPS) is 12.5. The number of pyridine rings is 1. The lowest BCUT2D eigenvalue weighted by Gasteiger charge is -2.07. The Balaban J connectivity index is 2.82. The van der Waals surface area contributed by atoms with Crippen molar-refractivity contribution in [3.05, 3.63) is 29.8 Å². The highest BCUT2D eigenvalue weighted by atomic mass is 19.1. The van der Waals surface area contributed by atoms with Crippen molar-refractivity contribution in [2.24, 2.45) is 0 Å². The maximum Gasteiger partial charge on any atom is 0.306 e. The Kier molecular flexibility index (Phi) is 2.92. The molecule has 0 saturated carbocycles. The number of aromatic nitrogens is 1. The van der Waals surface area contributed by atoms with Crippen molar-refractivity contribution in [3.63, 3.8) is 0 Å². The molecule has 0 aliphatic heterocycles. The number of carboxylic acid groups (broad SMARTS) is 1. The van der Waals surface area contributed by atoms with Crippen LogP contribution in [0.15, 0.2) is 18.3 Å². The van der Waals surface area contributed by atoms with Gasteiger partial charge in [0.2, 0.25) is 5.95 Å². The van der Waals surface area contributed by atoms with Crippen molar-refractivity contribution in [2.45, 2.75) is 12.5 Å². The Labute approximate surface area is 73.7 Å². The number of hydrogen-bond donors (Lipinski definition) is 2. The lowest BCUT2D eigenvalue weighted by Crippen LogP contribution is -2.07. The first-order chi connectivity index (χ1) is 6.11. The zero-order valence-corrected chi connectivity index (χ0v) is 6.64. The lowest BCUT2D eigenvalue weighted by atomic mass is 10.1. The minimum atomic E-state index is -1.34. The van der Waals surface area contributed by atoms with Gasteiger partial charge in [-0.1, -0.05) is 6.07 Å². The Morgan fingerprint density at radius 1 is 1.69 bits per heavy atom. The fourth-order valence-electron chi connectivity index (χ4n) is 0.922. The molecule has 0 fully saturated rings. The van der Waals surface area contributed by atoms with Crippen molar-refractivity contribution in [3.8, 4) is 0 Å². The standard InChI is InChI=1S/C8H8FNO3/c9-8-5(2-1-3-10-8)6(11)4-7(12)13/h1-3,6,11H,4H2,(H,12,13)/t6-/m0/s1. The number of nitrogens with zero attached hydrogens (tertiary/aromatic N) is 1. The van der Waals surface area contributed by atoms with Gasteiger partial charge >= 0.3 is 5.97 Å². The second kappa shape index (κ2) is 3.95. The predicted octanol–water partition coefficient (Wildman–Crippen LogP) is 0.729. The third kappa shape index (κ3) is 2.48. The summed E-state index contributed by atoms with van der Waals surface area (Å²) in [5.41, 5.74) is -0.0927. The molecular weight excluding hydrogens is 177 g/mol. The van der Waals surface area contributed by atoms with Crippen molar-refractivity contribution in [1.29, 1.82) is 0 Å². The van der Waals surface area contributed by atoms with Gasteiger partial charge in [-0.2, -0.15) is 4.39 Å². The van der Waals surface area contributed by atoms with E-state index in [-0.39, 0.29) is 5.56 Å². The van der Waals surface area contributed by atoms with E-state index >= 15 is 0 Å². The van der Waals surface area contributed by atoms with Crippen LogP contribution in [0.3, 0.4) is 0 Å². The van der Waals surface area contributed by atoms with Gasteiger partial charge in [0.05, 0.1) is 12.5 Å². The van der Waals surface area contributed by atoms with Crippen LogP contribution in [0.25, 0.3) is 0 Å². The summed E-state index contributed by atoms with van der Waals surface area (Å²) in [5, 5.41) is 17.5. The fourth-order valence-corrected chi connectivity index (χ4v) is 0.922. The number of carbonyl (C=O) groups is 1. The summed E-state index contributed by atoms with van der Waals surface area (Å²) >= 11 is 0. The highest BCUT2D eigenvalue weighted by Crippen LogP contribution is 2.17. The molecule has 5 heteroatoms. The van der Waals surface area contributed by atoms with E-state index in [0.717, 1.165) is 0 Å². The van der Waals surface area contributed by atoms with E-state index in [1.54, 1.807) is 0 Å². The zero-order chi connectivity index (χ0) is 9.84. The van der Waals surface area contributed by atoms with Crippen LogP contribution >= 0.6 is 0 Å². The first kappa shape index (κ1) is 9.60. The van der Waals surface area contributed by atoms with Crippen molar-refractivity contribution < 1.29 is 19.4 Å². The molecule has 1 rings (SSSR count). The van der Waals surface area contributed by atoms with E-state index in [1.165, 1.54) is 18.3 Å². The van der Waals surface area contributed by atoms with Gasteiger partial charge in [0.1, 0.15) is 0 Å². The maximum absolute atomic E-state index is 12.8. The van der Waals surface area contributed by atoms with E-state index in [4.69, 9.17) is 5.11 Å². The van der Waals surface area contributed by atoms with Gasteiger partial charge in [-0.15, -0.1) is 0 Å². The monoisotopic (exact) mass is 185 g/mol. The van der Waals surface area contributed by atoms with Crippen LogP contribution in [0, 0.1) is 5.95 Å². The smallest absolute Gasteiger partial charge is 0.306 e. The summed E-state index contributed by atoms with van der Waals surface area (Å²) in [4.78, 5) is 13.5. The van der Waals surface area contributed by atoms with E-state index in [1.807, 2.05) is 0 Å². The molecule has 1 aromatic heterocycles. The van der Waals surface area contributed by atoms with E-state index in [2.05, 4.69) is 4.98 Å². The first-order valence-electron chi connectivity index (χ1n) is 3.61. The number of aliphatic hydroxyl groups excluding tert-OH is 1. The third-order valence-electron chi connectivity index (χ3n) is 1.51. The Bertz CT molecular complexity index is 316. The number of rotatable bonds is 3. The molecule has 1 heterocycles. The molecule has 0 bridgehead atoms. The SMILES string of the molecule is O=C(O)C[C@H](O)c1cccnc1F. The Hall–Kier alpha value is -1.49. The van der Waals surface area contributed by atoms with Crippen LogP contribution in [0.5, 0.6) is 0 Å². The van der Waals surface area contributed by atoms with Crippen LogP contribution in [-0.4, -0.2) is 21.2 Å². The summed E-state index contributed by atoms with van der Waals surface area (Å²) in [6.07, 6.45) is -0.638. The van der Waals surface area contributed by atoms with Crippen LogP contribution in [-0.2, 0) is 4.79 Å². The van der Waals surface area contributed by atoms with Crippen LogP contribution < -0.4 is 0 Å². The first-order valence-corrected chi connectivity index (χ1v) is 3.61. The molecule has 0 unspecified atom stereocenters. The summed E-state index contributed by atoms with van der Waals surface area (Å²) in [7, 11) is 0. The minimum Gasteiger partial charge on any atom is -0.481 e. The topological polar surface area (TPSA) is 70.4 Å². The number of aliphatic carboxylic acids is 1. The summed E-state index contributed by atoms with van der Waals surface area (Å²) in [5.74, 6) is -2.02. The fraction of sp³-hybridized carbons (Fsp3) is 0.250. The Morgan fingerprint density at radius 3 is 2.92 bits per heavy atom. The summed E-state index contributed by atoms with van der Waals surface area (Å²) in [6.45, 7) is 0. The van der Waals surface area contributed by atoms with Crippen LogP contribution in [0.2, 0.25) is 0 Å². The van der Waals surface area contributed by atoms with Gasteiger partial charge in [-0.3, -0.25) is 4.79 Å². The highest BCUT2D eigenvalue weighted by Gasteiger charge is 2.15. The van der Waals surface area contributed by atoms with Crippen molar-refractivity contribution >= 4 is 5.97 Å². The third-order valence-corrected chi connectivity index (χ3v) is 1.51. The molecule has 0 saturated heterocycles. The van der Waals surface area contributed by atoms with Gasteiger partial charge in [0.25, 0.3) is 0 Å². The molecule has 4 nitrogen and oxygen atoms in total. The number of aliphatic hydroxyl groups is 1. The van der Waals surface area contributed by atoms with Crippen molar-refractivity contribution in [1.82, 2.24) is 4.98 Å². The molecule has 0 aliphatic carbocycles. The predicted molar refractivity (Wildman–Crippen MR) is 41.4 cm³/mol. The van der Waals surface area contributed by atoms with Gasteiger partial charge in [0, 0.05) is 11.8 Å². The van der Waals surface area contributed by atoms with E-state index in [0.29, 0.717) is 0 Å². The average molecular weight is 185 g/mol. The maximum atomic E-state index is 12.8. The lowest BCUT2D eigenvalue weighted by molar-refractivity contribution is -0.139. The molecule has 1 atom stereocenters. The molecule has 0 aromatic carbocycles. The molecular formula is C8H8FNO3. The second-order valence-corrected chi connectivity index (χ2v) is 2.50. The quantitative estimate of drug-likeness (QED) is 0.681. The largest absolute Gasteiger partial charge is 0.481 e. The molecule has 13 heavy (non-hydrogen) atoms. The molecule has 1 aromatic rings. The van der Waals surface area contributed by atoms with E-state index in [9.17, 15) is 14.3 Å². The summed E-state index contributed by atoms with van der Waals surface area (Å²) < 4.78 is 12.8. The van der Waals surface area contributed by atoms with Gasteiger partial charge in [0.15, 0.2) is 0 Å². The molecule has 2 N–H and O–H groups in total. The van der Waals surface area contributed by atoms with Crippen molar-refractivity contribution in [2.75, 3.05) is 0 Å².